The van der Waals surface area contributed by atoms with Crippen LogP contribution in [0.4, 0.5) is 0 Å². The van der Waals surface area contributed by atoms with Crippen LogP contribution in [-0.4, -0.2) is 21.9 Å². The fourth-order valence-electron chi connectivity index (χ4n) is 2.39. The van der Waals surface area contributed by atoms with Crippen molar-refractivity contribution in [1.82, 2.24) is 0 Å². The standard InChI is InChI=1S/C9H18O2/c1-8(2)4-7(10)5-9(3,11)6-8/h7,10-11H,4-6H2,1-3H3. The van der Waals surface area contributed by atoms with Crippen molar-refractivity contribution < 1.29 is 10.2 Å². The lowest BCUT2D eigenvalue weighted by atomic mass is 9.69. The molecule has 1 aliphatic rings. The Morgan fingerprint density at radius 3 is 2.09 bits per heavy atom. The molecule has 2 N–H and O–H groups in total. The average Bonchev–Trinajstić information content (AvgIpc) is 1.49. The second kappa shape index (κ2) is 2.46. The van der Waals surface area contributed by atoms with E-state index in [0.29, 0.717) is 6.42 Å². The molecule has 2 unspecified atom stereocenters. The highest BCUT2D eigenvalue weighted by atomic mass is 16.3. The third kappa shape index (κ3) is 2.46. The van der Waals surface area contributed by atoms with Crippen LogP contribution in [-0.2, 0) is 0 Å². The molecule has 1 rings (SSSR count). The van der Waals surface area contributed by atoms with E-state index in [9.17, 15) is 10.2 Å². The first-order valence-electron chi connectivity index (χ1n) is 4.21. The largest absolute Gasteiger partial charge is 0.393 e. The van der Waals surface area contributed by atoms with Gasteiger partial charge in [-0.05, 0) is 25.2 Å². The lowest BCUT2D eigenvalue weighted by Gasteiger charge is -2.41. The molecule has 1 fully saturated rings. The highest BCUT2D eigenvalue weighted by Gasteiger charge is 2.39. The van der Waals surface area contributed by atoms with E-state index in [2.05, 4.69) is 13.8 Å². The maximum Gasteiger partial charge on any atom is 0.0649 e. The molecule has 0 saturated heterocycles. The van der Waals surface area contributed by atoms with Crippen LogP contribution in [0.15, 0.2) is 0 Å². The van der Waals surface area contributed by atoms with Crippen LogP contribution < -0.4 is 0 Å². The SMILES string of the molecule is CC1(C)CC(O)CC(C)(O)C1. The predicted octanol–water partition coefficient (Wildman–Crippen LogP) is 1.31. The Kier molecular flexibility index (Phi) is 2.01. The zero-order chi connectivity index (χ0) is 8.70. The summed E-state index contributed by atoms with van der Waals surface area (Å²) in [7, 11) is 0. The van der Waals surface area contributed by atoms with Crippen molar-refractivity contribution in [3.8, 4) is 0 Å². The smallest absolute Gasteiger partial charge is 0.0649 e. The number of hydrogen-bond donors (Lipinski definition) is 2. The number of hydrogen-bond acceptors (Lipinski definition) is 2. The van der Waals surface area contributed by atoms with Gasteiger partial charge in [0.15, 0.2) is 0 Å². The summed E-state index contributed by atoms with van der Waals surface area (Å²) < 4.78 is 0. The van der Waals surface area contributed by atoms with E-state index in [4.69, 9.17) is 0 Å². The van der Waals surface area contributed by atoms with E-state index < -0.39 is 5.60 Å². The molecule has 2 nitrogen and oxygen atoms in total. The van der Waals surface area contributed by atoms with Gasteiger partial charge in [0.2, 0.25) is 0 Å². The summed E-state index contributed by atoms with van der Waals surface area (Å²) in [5, 5.41) is 19.1. The van der Waals surface area contributed by atoms with Crippen LogP contribution in [0.25, 0.3) is 0 Å². The number of rotatable bonds is 0. The molecule has 0 aromatic rings. The average molecular weight is 158 g/mol. The Balaban J connectivity index is 2.66. The van der Waals surface area contributed by atoms with Gasteiger partial charge < -0.3 is 10.2 Å². The molecular formula is C9H18O2. The molecular weight excluding hydrogens is 140 g/mol. The minimum atomic E-state index is -0.666. The first-order chi connectivity index (χ1) is 4.81. The molecule has 0 aromatic carbocycles. The first kappa shape index (κ1) is 9.01. The Labute approximate surface area is 68.2 Å². The predicted molar refractivity (Wildman–Crippen MR) is 44.3 cm³/mol. The molecule has 0 radical (unpaired) electrons. The summed E-state index contributed by atoms with van der Waals surface area (Å²) in [6.07, 6.45) is 1.80. The summed E-state index contributed by atoms with van der Waals surface area (Å²) >= 11 is 0. The minimum absolute atomic E-state index is 0.0845. The molecule has 0 amide bonds. The van der Waals surface area contributed by atoms with Gasteiger partial charge in [0, 0.05) is 6.42 Å². The second-order valence-electron chi connectivity index (χ2n) is 4.90. The minimum Gasteiger partial charge on any atom is -0.393 e. The molecule has 1 saturated carbocycles. The van der Waals surface area contributed by atoms with E-state index in [-0.39, 0.29) is 11.5 Å². The van der Waals surface area contributed by atoms with Crippen LogP contribution in [0.2, 0.25) is 0 Å². The fourth-order valence-corrected chi connectivity index (χ4v) is 2.39. The highest BCUT2D eigenvalue weighted by molar-refractivity contribution is 4.91. The summed E-state index contributed by atoms with van der Waals surface area (Å²) in [6.45, 7) is 5.98. The molecule has 66 valence electrons. The third-order valence-electron chi connectivity index (χ3n) is 2.32. The maximum absolute atomic E-state index is 9.72. The number of aliphatic hydroxyl groups excluding tert-OH is 1. The molecule has 1 aliphatic carbocycles. The molecule has 11 heavy (non-hydrogen) atoms. The van der Waals surface area contributed by atoms with Crippen LogP contribution in [0.1, 0.15) is 40.0 Å². The first-order valence-corrected chi connectivity index (χ1v) is 4.21. The van der Waals surface area contributed by atoms with Crippen molar-refractivity contribution in [2.24, 2.45) is 5.41 Å². The zero-order valence-electron chi connectivity index (χ0n) is 7.59. The van der Waals surface area contributed by atoms with Gasteiger partial charge in [-0.15, -0.1) is 0 Å². The highest BCUT2D eigenvalue weighted by Crippen LogP contribution is 2.40. The Morgan fingerprint density at radius 1 is 1.18 bits per heavy atom. The summed E-state index contributed by atoms with van der Waals surface area (Å²) in [6, 6.07) is 0. The van der Waals surface area contributed by atoms with Crippen LogP contribution in [0, 0.1) is 5.41 Å². The quantitative estimate of drug-likeness (QED) is 0.558. The van der Waals surface area contributed by atoms with Gasteiger partial charge in [0.1, 0.15) is 0 Å². The molecule has 0 heterocycles. The van der Waals surface area contributed by atoms with Crippen molar-refractivity contribution >= 4 is 0 Å². The third-order valence-corrected chi connectivity index (χ3v) is 2.32. The van der Waals surface area contributed by atoms with Crippen LogP contribution in [0.3, 0.4) is 0 Å². The monoisotopic (exact) mass is 158 g/mol. The van der Waals surface area contributed by atoms with Crippen molar-refractivity contribution in [3.05, 3.63) is 0 Å². The molecule has 0 bridgehead atoms. The van der Waals surface area contributed by atoms with Gasteiger partial charge >= 0.3 is 0 Å². The maximum atomic E-state index is 9.72. The Morgan fingerprint density at radius 2 is 1.73 bits per heavy atom. The van der Waals surface area contributed by atoms with Crippen molar-refractivity contribution in [2.45, 2.75) is 51.7 Å². The van der Waals surface area contributed by atoms with E-state index in [1.165, 1.54) is 0 Å². The van der Waals surface area contributed by atoms with Gasteiger partial charge in [-0.25, -0.2) is 0 Å². The molecule has 0 spiro atoms. The molecule has 2 atom stereocenters. The normalized spacial score (nSPS) is 43.9. The van der Waals surface area contributed by atoms with Gasteiger partial charge in [0.25, 0.3) is 0 Å². The molecule has 2 heteroatoms. The second-order valence-corrected chi connectivity index (χ2v) is 4.90. The van der Waals surface area contributed by atoms with E-state index in [0.717, 1.165) is 12.8 Å². The van der Waals surface area contributed by atoms with Gasteiger partial charge in [-0.2, -0.15) is 0 Å². The van der Waals surface area contributed by atoms with Crippen molar-refractivity contribution in [2.75, 3.05) is 0 Å². The Hall–Kier alpha value is -0.0800. The zero-order valence-corrected chi connectivity index (χ0v) is 7.59. The van der Waals surface area contributed by atoms with Crippen molar-refractivity contribution in [3.63, 3.8) is 0 Å². The van der Waals surface area contributed by atoms with Crippen LogP contribution >= 0.6 is 0 Å². The molecule has 0 aliphatic heterocycles. The van der Waals surface area contributed by atoms with Gasteiger partial charge in [-0.3, -0.25) is 0 Å². The van der Waals surface area contributed by atoms with Gasteiger partial charge in [0.05, 0.1) is 11.7 Å². The fraction of sp³-hybridized carbons (Fsp3) is 1.00. The summed E-state index contributed by atoms with van der Waals surface area (Å²) in [4.78, 5) is 0. The van der Waals surface area contributed by atoms with E-state index >= 15 is 0 Å². The van der Waals surface area contributed by atoms with E-state index in [1.807, 2.05) is 0 Å². The van der Waals surface area contributed by atoms with Crippen molar-refractivity contribution in [1.29, 1.82) is 0 Å². The number of aliphatic hydroxyl groups is 2. The summed E-state index contributed by atoms with van der Waals surface area (Å²) in [5.41, 5.74) is -0.581. The molecule has 0 aromatic heterocycles. The van der Waals surface area contributed by atoms with Gasteiger partial charge in [-0.1, -0.05) is 13.8 Å². The topological polar surface area (TPSA) is 40.5 Å². The Bertz CT molecular complexity index is 134. The lowest BCUT2D eigenvalue weighted by molar-refractivity contribution is -0.0765. The van der Waals surface area contributed by atoms with E-state index in [1.54, 1.807) is 6.92 Å². The van der Waals surface area contributed by atoms with Crippen LogP contribution in [0.5, 0.6) is 0 Å². The lowest BCUT2D eigenvalue weighted by Crippen LogP contribution is -2.42. The summed E-state index contributed by atoms with van der Waals surface area (Å²) in [5.74, 6) is 0.